The standard InChI is InChI=1S/C14H13F3N2O2/c1-9-4-3-7-19-13(9)20-8-10-11(18)5-2-6-12(10)21-14(15,16)17/h2-7H,8,18H2,1H3. The fourth-order valence-corrected chi connectivity index (χ4v) is 1.72. The summed E-state index contributed by atoms with van der Waals surface area (Å²) in [6, 6.07) is 7.56. The lowest BCUT2D eigenvalue weighted by molar-refractivity contribution is -0.275. The summed E-state index contributed by atoms with van der Waals surface area (Å²) in [7, 11) is 0. The predicted octanol–water partition coefficient (Wildman–Crippen LogP) is 3.45. The zero-order valence-corrected chi connectivity index (χ0v) is 11.1. The highest BCUT2D eigenvalue weighted by molar-refractivity contribution is 5.54. The summed E-state index contributed by atoms with van der Waals surface area (Å²) in [5.74, 6) is -0.0465. The van der Waals surface area contributed by atoms with E-state index in [0.717, 1.165) is 5.56 Å². The number of nitrogens with zero attached hydrogens (tertiary/aromatic N) is 1. The average molecular weight is 298 g/mol. The Morgan fingerprint density at radius 2 is 1.95 bits per heavy atom. The van der Waals surface area contributed by atoms with Crippen LogP contribution in [0.2, 0.25) is 0 Å². The fourth-order valence-electron chi connectivity index (χ4n) is 1.72. The minimum Gasteiger partial charge on any atom is -0.472 e. The molecular weight excluding hydrogens is 285 g/mol. The highest BCUT2D eigenvalue weighted by Crippen LogP contribution is 2.30. The lowest BCUT2D eigenvalue weighted by atomic mass is 10.1. The van der Waals surface area contributed by atoms with Crippen LogP contribution in [0.1, 0.15) is 11.1 Å². The quantitative estimate of drug-likeness (QED) is 0.878. The van der Waals surface area contributed by atoms with Crippen LogP contribution in [0.25, 0.3) is 0 Å². The van der Waals surface area contributed by atoms with E-state index in [1.54, 1.807) is 19.1 Å². The molecule has 4 nitrogen and oxygen atoms in total. The molecule has 0 aliphatic rings. The van der Waals surface area contributed by atoms with Crippen LogP contribution in [0.3, 0.4) is 0 Å². The number of nitrogens with two attached hydrogens (primary N) is 1. The Labute approximate surface area is 119 Å². The molecule has 0 saturated heterocycles. The molecule has 2 rings (SSSR count). The molecule has 0 radical (unpaired) electrons. The number of pyridine rings is 1. The van der Waals surface area contributed by atoms with E-state index in [2.05, 4.69) is 9.72 Å². The van der Waals surface area contributed by atoms with Crippen LogP contribution >= 0.6 is 0 Å². The maximum absolute atomic E-state index is 12.4. The first-order valence-electron chi connectivity index (χ1n) is 6.04. The van der Waals surface area contributed by atoms with Gasteiger partial charge >= 0.3 is 6.36 Å². The lowest BCUT2D eigenvalue weighted by Gasteiger charge is -2.15. The molecule has 0 atom stereocenters. The van der Waals surface area contributed by atoms with E-state index in [4.69, 9.17) is 10.5 Å². The zero-order valence-electron chi connectivity index (χ0n) is 11.1. The molecular formula is C14H13F3N2O2. The van der Waals surface area contributed by atoms with E-state index in [1.165, 1.54) is 24.4 Å². The molecule has 0 saturated carbocycles. The molecule has 2 aromatic rings. The maximum Gasteiger partial charge on any atom is 0.573 e. The van der Waals surface area contributed by atoms with Gasteiger partial charge in [-0.1, -0.05) is 12.1 Å². The van der Waals surface area contributed by atoms with Gasteiger partial charge in [-0.2, -0.15) is 0 Å². The number of ether oxygens (including phenoxy) is 2. The SMILES string of the molecule is Cc1cccnc1OCc1c(N)cccc1OC(F)(F)F. The normalized spacial score (nSPS) is 11.2. The fraction of sp³-hybridized carbons (Fsp3) is 0.214. The van der Waals surface area contributed by atoms with E-state index in [9.17, 15) is 13.2 Å². The van der Waals surface area contributed by atoms with Crippen LogP contribution in [0.5, 0.6) is 11.6 Å². The number of aryl methyl sites for hydroxylation is 1. The summed E-state index contributed by atoms with van der Waals surface area (Å²) in [4.78, 5) is 4.00. The molecule has 21 heavy (non-hydrogen) atoms. The Hall–Kier alpha value is -2.44. The number of hydrogen-bond donors (Lipinski definition) is 1. The summed E-state index contributed by atoms with van der Waals surface area (Å²) in [6.07, 6.45) is -3.26. The van der Waals surface area contributed by atoms with Gasteiger partial charge in [0.25, 0.3) is 0 Å². The number of halogens is 3. The second-order valence-electron chi connectivity index (χ2n) is 4.29. The molecule has 1 aromatic heterocycles. The van der Waals surface area contributed by atoms with Gasteiger partial charge in [-0.3, -0.25) is 0 Å². The van der Waals surface area contributed by atoms with Crippen molar-refractivity contribution < 1.29 is 22.6 Å². The average Bonchev–Trinajstić information content (AvgIpc) is 2.38. The second-order valence-corrected chi connectivity index (χ2v) is 4.29. The molecule has 0 unspecified atom stereocenters. The molecule has 0 amide bonds. The molecule has 0 fully saturated rings. The minimum atomic E-state index is -4.79. The number of benzene rings is 1. The number of aromatic nitrogens is 1. The van der Waals surface area contributed by atoms with E-state index < -0.39 is 6.36 Å². The topological polar surface area (TPSA) is 57.4 Å². The van der Waals surface area contributed by atoms with Crippen molar-refractivity contribution in [2.45, 2.75) is 19.9 Å². The number of hydrogen-bond acceptors (Lipinski definition) is 4. The molecule has 0 bridgehead atoms. The Bertz CT molecular complexity index is 630. The first kappa shape index (κ1) is 15.0. The van der Waals surface area contributed by atoms with Crippen LogP contribution in [-0.2, 0) is 6.61 Å². The van der Waals surface area contributed by atoms with Gasteiger partial charge in [0.05, 0.1) is 5.56 Å². The summed E-state index contributed by atoms with van der Waals surface area (Å²) in [5.41, 5.74) is 6.75. The third-order valence-corrected chi connectivity index (χ3v) is 2.71. The van der Waals surface area contributed by atoms with Gasteiger partial charge in [-0.25, -0.2) is 4.98 Å². The molecule has 0 aliphatic carbocycles. The number of nitrogen functional groups attached to an aromatic ring is 1. The third kappa shape index (κ3) is 4.01. The van der Waals surface area contributed by atoms with E-state index in [0.29, 0.717) is 5.88 Å². The van der Waals surface area contributed by atoms with Crippen LogP contribution < -0.4 is 15.2 Å². The van der Waals surface area contributed by atoms with Gasteiger partial charge < -0.3 is 15.2 Å². The van der Waals surface area contributed by atoms with Gasteiger partial charge in [0, 0.05) is 17.4 Å². The van der Waals surface area contributed by atoms with Gasteiger partial charge in [-0.05, 0) is 25.1 Å². The molecule has 1 aromatic carbocycles. The van der Waals surface area contributed by atoms with Crippen molar-refractivity contribution in [3.63, 3.8) is 0 Å². The highest BCUT2D eigenvalue weighted by atomic mass is 19.4. The molecule has 0 aliphatic heterocycles. The van der Waals surface area contributed by atoms with Gasteiger partial charge in [0.1, 0.15) is 12.4 Å². The third-order valence-electron chi connectivity index (χ3n) is 2.71. The van der Waals surface area contributed by atoms with Crippen LogP contribution in [0.15, 0.2) is 36.5 Å². The number of anilines is 1. The summed E-state index contributed by atoms with van der Waals surface area (Å²) in [5, 5.41) is 0. The van der Waals surface area contributed by atoms with Crippen molar-refractivity contribution in [3.8, 4) is 11.6 Å². The largest absolute Gasteiger partial charge is 0.573 e. The van der Waals surface area contributed by atoms with Crippen LogP contribution in [-0.4, -0.2) is 11.3 Å². The van der Waals surface area contributed by atoms with E-state index >= 15 is 0 Å². The molecule has 0 spiro atoms. The predicted molar refractivity (Wildman–Crippen MR) is 70.8 cm³/mol. The number of alkyl halides is 3. The van der Waals surface area contributed by atoms with Crippen LogP contribution in [0.4, 0.5) is 18.9 Å². The Morgan fingerprint density at radius 3 is 2.62 bits per heavy atom. The van der Waals surface area contributed by atoms with Crippen molar-refractivity contribution in [1.29, 1.82) is 0 Å². The Balaban J connectivity index is 2.21. The second kappa shape index (κ2) is 5.90. The van der Waals surface area contributed by atoms with E-state index in [-0.39, 0.29) is 23.6 Å². The number of rotatable bonds is 4. The monoisotopic (exact) mass is 298 g/mol. The van der Waals surface area contributed by atoms with Crippen molar-refractivity contribution in [2.24, 2.45) is 0 Å². The van der Waals surface area contributed by atoms with Gasteiger partial charge in [-0.15, -0.1) is 13.2 Å². The highest BCUT2D eigenvalue weighted by Gasteiger charge is 2.32. The van der Waals surface area contributed by atoms with Crippen molar-refractivity contribution in [3.05, 3.63) is 47.7 Å². The molecule has 7 heteroatoms. The lowest BCUT2D eigenvalue weighted by Crippen LogP contribution is -2.19. The van der Waals surface area contributed by atoms with Crippen molar-refractivity contribution >= 4 is 5.69 Å². The maximum atomic E-state index is 12.4. The van der Waals surface area contributed by atoms with Gasteiger partial charge in [0.15, 0.2) is 0 Å². The van der Waals surface area contributed by atoms with Crippen LogP contribution in [0, 0.1) is 6.92 Å². The molecule has 1 heterocycles. The van der Waals surface area contributed by atoms with E-state index in [1.807, 2.05) is 0 Å². The minimum absolute atomic E-state index is 0.125. The summed E-state index contributed by atoms with van der Waals surface area (Å²) in [6.45, 7) is 1.61. The molecule has 112 valence electrons. The molecule has 2 N–H and O–H groups in total. The smallest absolute Gasteiger partial charge is 0.472 e. The van der Waals surface area contributed by atoms with Crippen molar-refractivity contribution in [2.75, 3.05) is 5.73 Å². The Morgan fingerprint density at radius 1 is 1.19 bits per heavy atom. The summed E-state index contributed by atoms with van der Waals surface area (Å²) >= 11 is 0. The first-order valence-corrected chi connectivity index (χ1v) is 6.04. The zero-order chi connectivity index (χ0) is 15.5. The first-order chi connectivity index (χ1) is 9.87. The van der Waals surface area contributed by atoms with Crippen molar-refractivity contribution in [1.82, 2.24) is 4.98 Å². The Kier molecular flexibility index (Phi) is 4.21. The van der Waals surface area contributed by atoms with Gasteiger partial charge in [0.2, 0.25) is 5.88 Å². The summed E-state index contributed by atoms with van der Waals surface area (Å²) < 4.78 is 46.5.